The Bertz CT molecular complexity index is 1490. The Balaban J connectivity index is 0.711. The summed E-state index contributed by atoms with van der Waals surface area (Å²) in [6.07, 6.45) is 14.1. The molecule has 8 aliphatic rings. The van der Waals surface area contributed by atoms with Gasteiger partial charge in [0.1, 0.15) is 12.1 Å². The molecule has 1 saturated carbocycles. The Hall–Kier alpha value is -2.93. The van der Waals surface area contributed by atoms with Crippen LogP contribution in [0.1, 0.15) is 89.9 Å². The van der Waals surface area contributed by atoms with Gasteiger partial charge in [0, 0.05) is 70.9 Å². The molecule has 5 unspecified atom stereocenters. The molecule has 6 amide bonds. The highest BCUT2D eigenvalue weighted by atomic mass is 16.2. The average molecular weight is 825 g/mol. The van der Waals surface area contributed by atoms with Crippen LogP contribution in [0.25, 0.3) is 0 Å². The maximum atomic E-state index is 12.8. The number of urea groups is 1. The van der Waals surface area contributed by atoms with Gasteiger partial charge in [-0.3, -0.25) is 44.9 Å². The summed E-state index contributed by atoms with van der Waals surface area (Å²) in [5.74, 6) is 1.18. The second kappa shape index (κ2) is 19.4. The van der Waals surface area contributed by atoms with Gasteiger partial charge >= 0.3 is 6.03 Å². The fourth-order valence-electron chi connectivity index (χ4n) is 11.9. The molecule has 330 valence electrons. The van der Waals surface area contributed by atoms with Crippen LogP contribution in [-0.4, -0.2) is 182 Å². The van der Waals surface area contributed by atoms with Crippen molar-refractivity contribution in [3.63, 3.8) is 0 Å². The molecule has 17 heteroatoms. The fourth-order valence-corrected chi connectivity index (χ4v) is 11.9. The molecule has 8 rings (SSSR count). The van der Waals surface area contributed by atoms with Gasteiger partial charge in [-0.05, 0) is 134 Å². The van der Waals surface area contributed by atoms with Gasteiger partial charge in [-0.25, -0.2) is 4.79 Å². The van der Waals surface area contributed by atoms with Crippen LogP contribution in [0.4, 0.5) is 4.79 Å². The van der Waals surface area contributed by atoms with E-state index in [2.05, 4.69) is 46.6 Å². The average Bonchev–Trinajstić information content (AvgIpc) is 3.59. The van der Waals surface area contributed by atoms with Gasteiger partial charge in [0.05, 0.1) is 18.4 Å². The molecule has 7 aliphatic heterocycles. The summed E-state index contributed by atoms with van der Waals surface area (Å²) < 4.78 is 0. The maximum absolute atomic E-state index is 12.8. The van der Waals surface area contributed by atoms with Gasteiger partial charge in [-0.1, -0.05) is 0 Å². The van der Waals surface area contributed by atoms with Gasteiger partial charge in [0.25, 0.3) is 0 Å². The number of likely N-dealkylation sites (N-methyl/N-ethyl adjacent to an activating group) is 1. The zero-order valence-electron chi connectivity index (χ0n) is 35.4. The quantitative estimate of drug-likeness (QED) is 0.128. The first-order valence-electron chi connectivity index (χ1n) is 23.2. The van der Waals surface area contributed by atoms with Gasteiger partial charge in [0.15, 0.2) is 0 Å². The third kappa shape index (κ3) is 10.4. The summed E-state index contributed by atoms with van der Waals surface area (Å²) in [6.45, 7) is 10.7. The second-order valence-electron chi connectivity index (χ2n) is 19.2. The highest BCUT2D eigenvalue weighted by Gasteiger charge is 2.41. The number of imide groups is 1. The van der Waals surface area contributed by atoms with E-state index in [4.69, 9.17) is 5.73 Å². The molecule has 0 radical (unpaired) electrons. The van der Waals surface area contributed by atoms with Gasteiger partial charge < -0.3 is 36.4 Å². The molecule has 1 aliphatic carbocycles. The highest BCUT2D eigenvalue weighted by Crippen LogP contribution is 2.37. The van der Waals surface area contributed by atoms with Crippen molar-refractivity contribution in [2.24, 2.45) is 23.5 Å². The predicted octanol–water partition coefficient (Wildman–Crippen LogP) is -0.869. The standard InChI is InChI=1S/C42H72N12O5/c1-50-21-22-54(42(50)59)32-3-2-16-53(26-32)35-24-45-37(38(43)56)39(48-35)46-30-6-4-28(5-7-30)29-14-17-51(18-15-29)25-27-12-19-52(20-13-27)31-8-9-33(44-23-31)40(57)47-34-10-11-36(55)49-41(34)58/h27-35,37,39,44-46,48H,2-26H2,1H3,(H2,43,56)(H,47,57)(H,49,55,58)/t28?,30?,31?,32-,33?,34-,35?,37?,39?/m1/s1. The topological polar surface area (TPSA) is 200 Å². The molecule has 0 aromatic rings. The zero-order valence-corrected chi connectivity index (χ0v) is 35.4. The smallest absolute Gasteiger partial charge is 0.320 e. The molecule has 0 aromatic carbocycles. The van der Waals surface area contributed by atoms with Crippen molar-refractivity contribution in [2.75, 3.05) is 79.0 Å². The third-order valence-corrected chi connectivity index (χ3v) is 15.5. The Morgan fingerprint density at radius 3 is 2.20 bits per heavy atom. The maximum Gasteiger partial charge on any atom is 0.320 e. The molecule has 0 aromatic heterocycles. The number of amides is 6. The van der Waals surface area contributed by atoms with Crippen molar-refractivity contribution in [3.05, 3.63) is 0 Å². The summed E-state index contributed by atoms with van der Waals surface area (Å²) in [5.41, 5.74) is 5.91. The van der Waals surface area contributed by atoms with Crippen LogP contribution >= 0.6 is 0 Å². The lowest BCUT2D eigenvalue weighted by atomic mass is 9.74. The lowest BCUT2D eigenvalue weighted by molar-refractivity contribution is -0.137. The Morgan fingerprint density at radius 1 is 0.763 bits per heavy atom. The number of rotatable bonds is 11. The van der Waals surface area contributed by atoms with Crippen molar-refractivity contribution in [1.82, 2.24) is 56.4 Å². The minimum atomic E-state index is -0.623. The highest BCUT2D eigenvalue weighted by molar-refractivity contribution is 6.02. The number of nitrogens with one attached hydrogen (secondary N) is 6. The molecule has 8 N–H and O–H groups in total. The van der Waals surface area contributed by atoms with E-state index >= 15 is 0 Å². The summed E-state index contributed by atoms with van der Waals surface area (Å²) in [4.78, 5) is 73.3. The lowest BCUT2D eigenvalue weighted by Crippen LogP contribution is -2.74. The molecule has 7 atom stereocenters. The van der Waals surface area contributed by atoms with Crippen LogP contribution in [0.15, 0.2) is 0 Å². The first-order valence-corrected chi connectivity index (χ1v) is 23.2. The van der Waals surface area contributed by atoms with Crippen LogP contribution in [0, 0.1) is 17.8 Å². The first-order chi connectivity index (χ1) is 28.6. The normalized spacial score (nSPS) is 36.8. The number of hydrogen-bond donors (Lipinski definition) is 7. The van der Waals surface area contributed by atoms with Crippen LogP contribution in [0.3, 0.4) is 0 Å². The number of nitrogens with zero attached hydrogens (tertiary/aromatic N) is 5. The number of piperidine rings is 5. The molecule has 59 heavy (non-hydrogen) atoms. The Morgan fingerprint density at radius 2 is 1.53 bits per heavy atom. The molecule has 17 nitrogen and oxygen atoms in total. The van der Waals surface area contributed by atoms with Crippen LogP contribution < -0.4 is 37.6 Å². The lowest BCUT2D eigenvalue weighted by Gasteiger charge is -2.47. The van der Waals surface area contributed by atoms with Gasteiger partial charge in [0.2, 0.25) is 23.6 Å². The molecule has 0 bridgehead atoms. The molecule has 8 fully saturated rings. The van der Waals surface area contributed by atoms with Gasteiger partial charge in [-0.2, -0.15) is 0 Å². The SMILES string of the molecule is CN1CCN([C@@H]2CCCN(C3CNC(C(N)=O)C(NC4CCC(C5CCN(CC6CCN(C7CCC(C(=O)N[C@@H]8CCC(=O)NC8=O)NC7)CC6)CC5)CC4)N3)C2)C1=O. The number of carbonyl (C=O) groups is 5. The molecule has 0 spiro atoms. The summed E-state index contributed by atoms with van der Waals surface area (Å²) >= 11 is 0. The Labute approximate surface area is 350 Å². The fraction of sp³-hybridized carbons (Fsp3) is 0.881. The van der Waals surface area contributed by atoms with Gasteiger partial charge in [-0.15, -0.1) is 0 Å². The zero-order chi connectivity index (χ0) is 41.0. The largest absolute Gasteiger partial charge is 0.368 e. The summed E-state index contributed by atoms with van der Waals surface area (Å²) in [6, 6.07) is -0.201. The van der Waals surface area contributed by atoms with Crippen molar-refractivity contribution in [2.45, 2.75) is 138 Å². The van der Waals surface area contributed by atoms with E-state index in [0.717, 1.165) is 102 Å². The molecule has 7 saturated heterocycles. The minimum absolute atomic E-state index is 0.0787. The molecular weight excluding hydrogens is 753 g/mol. The van der Waals surface area contributed by atoms with Crippen LogP contribution in [-0.2, 0) is 19.2 Å². The van der Waals surface area contributed by atoms with E-state index in [0.29, 0.717) is 25.0 Å². The number of carbonyl (C=O) groups excluding carboxylic acids is 5. The Kier molecular flexibility index (Phi) is 14.1. The van der Waals surface area contributed by atoms with Crippen molar-refractivity contribution < 1.29 is 24.0 Å². The molecule has 7 heterocycles. The summed E-state index contributed by atoms with van der Waals surface area (Å²) in [7, 11) is 1.88. The monoisotopic (exact) mass is 825 g/mol. The second-order valence-corrected chi connectivity index (χ2v) is 19.2. The van der Waals surface area contributed by atoms with Crippen molar-refractivity contribution >= 4 is 29.7 Å². The number of piperazine rings is 1. The number of primary amides is 1. The summed E-state index contributed by atoms with van der Waals surface area (Å²) in [5, 5.41) is 19.7. The number of nitrogens with two attached hydrogens (primary N) is 1. The van der Waals surface area contributed by atoms with E-state index < -0.39 is 18.0 Å². The van der Waals surface area contributed by atoms with Crippen molar-refractivity contribution in [3.8, 4) is 0 Å². The van der Waals surface area contributed by atoms with E-state index in [1.807, 2.05) is 16.8 Å². The third-order valence-electron chi connectivity index (χ3n) is 15.5. The minimum Gasteiger partial charge on any atom is -0.368 e. The van der Waals surface area contributed by atoms with Crippen molar-refractivity contribution in [1.29, 1.82) is 0 Å². The van der Waals surface area contributed by atoms with E-state index in [-0.39, 0.29) is 54.6 Å². The van der Waals surface area contributed by atoms with Crippen LogP contribution in [0.5, 0.6) is 0 Å². The van der Waals surface area contributed by atoms with Crippen LogP contribution in [0.2, 0.25) is 0 Å². The number of hydrogen-bond acceptors (Lipinski definition) is 12. The molecular formula is C42H72N12O5. The first kappa shape index (κ1) is 42.7. The number of likely N-dealkylation sites (tertiary alicyclic amines) is 3. The predicted molar refractivity (Wildman–Crippen MR) is 222 cm³/mol. The van der Waals surface area contributed by atoms with E-state index in [1.54, 1.807) is 0 Å². The van der Waals surface area contributed by atoms with E-state index in [1.165, 1.54) is 58.2 Å². The van der Waals surface area contributed by atoms with E-state index in [9.17, 15) is 24.0 Å².